The number of rotatable bonds is 2. The molecule has 6 heteroatoms. The molecule has 0 fully saturated rings. The fraction of sp³-hybridized carbons (Fsp3) is 0.235. The lowest BCUT2D eigenvalue weighted by Crippen LogP contribution is -2.13. The number of aliphatic imine (C=N–C) groups is 1. The standard InChI is InChI=1S/C17H18N2O3S/c1-11-5-7-16(8-6-11)23(21,22)19-14(4)18-17-12(2)9-15(20)10-13(17)3/h5-10H,1-4H3/b19-14-. The molecule has 1 aliphatic carbocycles. The lowest BCUT2D eigenvalue weighted by molar-refractivity contribution is -0.110. The average Bonchev–Trinajstić information content (AvgIpc) is 2.42. The highest BCUT2D eigenvalue weighted by Gasteiger charge is 2.16. The molecule has 1 aliphatic rings. The number of hydrogen-bond donors (Lipinski definition) is 0. The first kappa shape index (κ1) is 17.0. The zero-order chi connectivity index (χ0) is 17.2. The minimum absolute atomic E-state index is 0.0965. The van der Waals surface area contributed by atoms with Gasteiger partial charge in [-0.05, 0) is 63.1 Å². The molecule has 0 aliphatic heterocycles. The molecule has 5 nitrogen and oxygen atoms in total. The van der Waals surface area contributed by atoms with E-state index in [0.29, 0.717) is 16.9 Å². The van der Waals surface area contributed by atoms with E-state index in [1.54, 1.807) is 26.0 Å². The second-order valence-electron chi connectivity index (χ2n) is 5.44. The van der Waals surface area contributed by atoms with Gasteiger partial charge in [0.1, 0.15) is 5.84 Å². The van der Waals surface area contributed by atoms with E-state index in [9.17, 15) is 13.2 Å². The van der Waals surface area contributed by atoms with Crippen LogP contribution in [-0.4, -0.2) is 25.7 Å². The summed E-state index contributed by atoms with van der Waals surface area (Å²) in [7, 11) is -3.80. The van der Waals surface area contributed by atoms with E-state index in [0.717, 1.165) is 5.56 Å². The number of hydrogen-bond acceptors (Lipinski definition) is 3. The Hall–Kier alpha value is -2.34. The number of carbonyl (C=O) groups is 1. The maximum atomic E-state index is 12.3. The highest BCUT2D eigenvalue weighted by Crippen LogP contribution is 2.16. The molecule has 0 spiro atoms. The van der Waals surface area contributed by atoms with Crippen LogP contribution in [0, 0.1) is 6.92 Å². The van der Waals surface area contributed by atoms with Crippen LogP contribution in [0.3, 0.4) is 0 Å². The van der Waals surface area contributed by atoms with Gasteiger partial charge in [-0.15, -0.1) is 4.40 Å². The molecule has 0 unspecified atom stereocenters. The fourth-order valence-electron chi connectivity index (χ4n) is 2.21. The van der Waals surface area contributed by atoms with Gasteiger partial charge in [0, 0.05) is 0 Å². The molecule has 2 rings (SSSR count). The predicted molar refractivity (Wildman–Crippen MR) is 91.4 cm³/mol. The van der Waals surface area contributed by atoms with Crippen molar-refractivity contribution in [2.45, 2.75) is 32.6 Å². The van der Waals surface area contributed by atoms with Crippen LogP contribution in [0.4, 0.5) is 0 Å². The molecule has 0 amide bonds. The number of carbonyl (C=O) groups excluding carboxylic acids is 1. The first-order valence-corrected chi connectivity index (χ1v) is 8.51. The lowest BCUT2D eigenvalue weighted by atomic mass is 9.97. The number of amidine groups is 1. The SMILES string of the molecule is CC1=CC(=O)C=C(C)C1=N/C(C)=N\S(=O)(=O)c1ccc(C)cc1. The van der Waals surface area contributed by atoms with Crippen LogP contribution in [0.2, 0.25) is 0 Å². The van der Waals surface area contributed by atoms with E-state index in [1.165, 1.54) is 31.2 Å². The van der Waals surface area contributed by atoms with Crippen molar-refractivity contribution in [3.8, 4) is 0 Å². The predicted octanol–water partition coefficient (Wildman–Crippen LogP) is 3.02. The van der Waals surface area contributed by atoms with E-state index in [1.807, 2.05) is 6.92 Å². The third-order valence-corrected chi connectivity index (χ3v) is 4.68. The maximum absolute atomic E-state index is 12.3. The third-order valence-electron chi connectivity index (χ3n) is 3.31. The number of benzene rings is 1. The minimum atomic E-state index is -3.80. The van der Waals surface area contributed by atoms with Gasteiger partial charge in [0.25, 0.3) is 10.0 Å². The van der Waals surface area contributed by atoms with Crippen LogP contribution < -0.4 is 0 Å². The van der Waals surface area contributed by atoms with E-state index < -0.39 is 10.0 Å². The number of aryl methyl sites for hydroxylation is 1. The Bertz CT molecular complexity index is 847. The van der Waals surface area contributed by atoms with E-state index in [-0.39, 0.29) is 16.5 Å². The van der Waals surface area contributed by atoms with Gasteiger partial charge in [0.05, 0.1) is 10.6 Å². The van der Waals surface area contributed by atoms with Crippen molar-refractivity contribution in [1.29, 1.82) is 0 Å². The second-order valence-corrected chi connectivity index (χ2v) is 7.05. The molecular formula is C17H18N2O3S. The Balaban J connectivity index is 2.38. The van der Waals surface area contributed by atoms with Gasteiger partial charge in [-0.25, -0.2) is 4.99 Å². The molecule has 0 saturated heterocycles. The summed E-state index contributed by atoms with van der Waals surface area (Å²) >= 11 is 0. The number of sulfonamides is 1. The van der Waals surface area contributed by atoms with Gasteiger partial charge in [-0.2, -0.15) is 8.42 Å². The summed E-state index contributed by atoms with van der Waals surface area (Å²) in [6, 6.07) is 6.47. The fourth-order valence-corrected chi connectivity index (χ4v) is 3.19. The van der Waals surface area contributed by atoms with E-state index in [2.05, 4.69) is 9.39 Å². The summed E-state index contributed by atoms with van der Waals surface area (Å²) in [5.41, 5.74) is 2.93. The van der Waals surface area contributed by atoms with Gasteiger partial charge < -0.3 is 0 Å². The Labute approximate surface area is 136 Å². The summed E-state index contributed by atoms with van der Waals surface area (Å²) in [5.74, 6) is 0.0243. The first-order valence-electron chi connectivity index (χ1n) is 7.07. The Morgan fingerprint density at radius 1 is 0.957 bits per heavy atom. The quantitative estimate of drug-likeness (QED) is 0.475. The van der Waals surface area contributed by atoms with Crippen LogP contribution in [0.5, 0.6) is 0 Å². The second kappa shape index (κ2) is 6.42. The van der Waals surface area contributed by atoms with Crippen LogP contribution >= 0.6 is 0 Å². The average molecular weight is 330 g/mol. The highest BCUT2D eigenvalue weighted by molar-refractivity contribution is 7.90. The van der Waals surface area contributed by atoms with Gasteiger partial charge in [-0.3, -0.25) is 4.79 Å². The zero-order valence-electron chi connectivity index (χ0n) is 13.5. The maximum Gasteiger partial charge on any atom is 0.283 e. The molecule has 120 valence electrons. The van der Waals surface area contributed by atoms with Gasteiger partial charge >= 0.3 is 0 Å². The molecule has 0 heterocycles. The number of ketones is 1. The largest absolute Gasteiger partial charge is 0.290 e. The van der Waals surface area contributed by atoms with E-state index in [4.69, 9.17) is 0 Å². The van der Waals surface area contributed by atoms with Gasteiger partial charge in [0.15, 0.2) is 5.78 Å². The molecule has 0 atom stereocenters. The van der Waals surface area contributed by atoms with Crippen molar-refractivity contribution in [2.75, 3.05) is 0 Å². The Kier molecular flexibility index (Phi) is 4.75. The number of nitrogens with zero attached hydrogens (tertiary/aromatic N) is 2. The molecule has 0 radical (unpaired) electrons. The van der Waals surface area contributed by atoms with Crippen molar-refractivity contribution in [3.05, 3.63) is 53.1 Å². The topological polar surface area (TPSA) is 75.9 Å². The zero-order valence-corrected chi connectivity index (χ0v) is 14.3. The molecule has 0 saturated carbocycles. The van der Waals surface area contributed by atoms with Crippen molar-refractivity contribution in [3.63, 3.8) is 0 Å². The molecule has 1 aromatic carbocycles. The summed E-state index contributed by atoms with van der Waals surface area (Å²) < 4.78 is 28.3. The Morgan fingerprint density at radius 2 is 1.48 bits per heavy atom. The van der Waals surface area contributed by atoms with Crippen LogP contribution in [0.25, 0.3) is 0 Å². The van der Waals surface area contributed by atoms with Crippen molar-refractivity contribution < 1.29 is 13.2 Å². The van der Waals surface area contributed by atoms with E-state index >= 15 is 0 Å². The molecule has 0 bridgehead atoms. The molecule has 1 aromatic rings. The molecular weight excluding hydrogens is 312 g/mol. The smallest absolute Gasteiger partial charge is 0.283 e. The molecule has 0 N–H and O–H groups in total. The highest BCUT2D eigenvalue weighted by atomic mass is 32.2. The molecule has 23 heavy (non-hydrogen) atoms. The van der Waals surface area contributed by atoms with Crippen molar-refractivity contribution in [2.24, 2.45) is 9.39 Å². The van der Waals surface area contributed by atoms with Gasteiger partial charge in [-0.1, -0.05) is 17.7 Å². The lowest BCUT2D eigenvalue weighted by Gasteiger charge is -2.11. The summed E-state index contributed by atoms with van der Waals surface area (Å²) in [5, 5.41) is 0. The summed E-state index contributed by atoms with van der Waals surface area (Å²) in [6.45, 7) is 6.92. The van der Waals surface area contributed by atoms with Crippen molar-refractivity contribution >= 4 is 27.4 Å². The Morgan fingerprint density at radius 3 is 2.00 bits per heavy atom. The summed E-state index contributed by atoms with van der Waals surface area (Å²) in [4.78, 5) is 15.8. The summed E-state index contributed by atoms with van der Waals surface area (Å²) in [6.07, 6.45) is 2.93. The van der Waals surface area contributed by atoms with Crippen molar-refractivity contribution in [1.82, 2.24) is 0 Å². The van der Waals surface area contributed by atoms with Gasteiger partial charge in [0.2, 0.25) is 0 Å². The first-order chi connectivity index (χ1) is 10.7. The normalized spacial score (nSPS) is 16.1. The third kappa shape index (κ3) is 4.10. The number of allylic oxidation sites excluding steroid dienone is 4. The molecule has 0 aromatic heterocycles. The van der Waals surface area contributed by atoms with Crippen LogP contribution in [0.1, 0.15) is 26.3 Å². The van der Waals surface area contributed by atoms with Crippen LogP contribution in [0.15, 0.2) is 61.8 Å². The minimum Gasteiger partial charge on any atom is -0.290 e. The van der Waals surface area contributed by atoms with Crippen LogP contribution in [-0.2, 0) is 14.8 Å². The monoisotopic (exact) mass is 330 g/mol.